The SMILES string of the molecule is CCOc1cc2c(cc1OC)[C@H](NC(=O)C(F)(F)F)CC2=O. The van der Waals surface area contributed by atoms with Gasteiger partial charge in [-0.2, -0.15) is 13.2 Å². The molecular formula is C14H14F3NO4. The van der Waals surface area contributed by atoms with Gasteiger partial charge < -0.3 is 14.8 Å². The minimum absolute atomic E-state index is 0.226. The van der Waals surface area contributed by atoms with E-state index in [0.29, 0.717) is 23.7 Å². The van der Waals surface area contributed by atoms with E-state index in [0.717, 1.165) is 0 Å². The molecule has 0 spiro atoms. The molecule has 0 saturated heterocycles. The molecule has 0 aliphatic heterocycles. The summed E-state index contributed by atoms with van der Waals surface area (Å²) in [6.45, 7) is 2.10. The molecule has 1 aliphatic carbocycles. The predicted octanol–water partition coefficient (Wildman–Crippen LogP) is 2.40. The minimum Gasteiger partial charge on any atom is -0.493 e. The van der Waals surface area contributed by atoms with Crippen molar-refractivity contribution in [1.29, 1.82) is 0 Å². The number of halogens is 3. The highest BCUT2D eigenvalue weighted by Gasteiger charge is 2.42. The topological polar surface area (TPSA) is 64.6 Å². The number of rotatable bonds is 4. The molecular weight excluding hydrogens is 303 g/mol. The Hall–Kier alpha value is -2.25. The van der Waals surface area contributed by atoms with Crippen LogP contribution in [0.1, 0.15) is 35.3 Å². The van der Waals surface area contributed by atoms with Gasteiger partial charge in [0, 0.05) is 12.0 Å². The summed E-state index contributed by atoms with van der Waals surface area (Å²) in [7, 11) is 1.38. The number of carbonyl (C=O) groups is 2. The Bertz CT molecular complexity index is 613. The number of benzene rings is 1. The minimum atomic E-state index is -5.00. The van der Waals surface area contributed by atoms with Gasteiger partial charge in [-0.05, 0) is 24.6 Å². The number of ketones is 1. The van der Waals surface area contributed by atoms with Gasteiger partial charge in [0.2, 0.25) is 0 Å². The lowest BCUT2D eigenvalue weighted by molar-refractivity contribution is -0.174. The molecule has 0 radical (unpaired) electrons. The van der Waals surface area contributed by atoms with Crippen LogP contribution in [0.3, 0.4) is 0 Å². The molecule has 1 atom stereocenters. The zero-order chi connectivity index (χ0) is 16.5. The second-order valence-electron chi connectivity index (χ2n) is 4.67. The Morgan fingerprint density at radius 1 is 1.36 bits per heavy atom. The Morgan fingerprint density at radius 2 is 2.05 bits per heavy atom. The van der Waals surface area contributed by atoms with E-state index in [1.54, 1.807) is 6.92 Å². The summed E-state index contributed by atoms with van der Waals surface area (Å²) in [4.78, 5) is 23.0. The number of fused-ring (bicyclic) bond motifs is 1. The molecule has 0 heterocycles. The molecule has 0 saturated carbocycles. The average Bonchev–Trinajstić information content (AvgIpc) is 2.73. The molecule has 0 fully saturated rings. The molecule has 1 aromatic carbocycles. The Kier molecular flexibility index (Phi) is 4.30. The number of hydrogen-bond donors (Lipinski definition) is 1. The number of amides is 1. The second-order valence-corrected chi connectivity index (χ2v) is 4.67. The van der Waals surface area contributed by atoms with Crippen molar-refractivity contribution in [3.05, 3.63) is 23.3 Å². The van der Waals surface area contributed by atoms with Gasteiger partial charge in [0.25, 0.3) is 0 Å². The highest BCUT2D eigenvalue weighted by molar-refractivity contribution is 6.02. The number of methoxy groups -OCH3 is 1. The van der Waals surface area contributed by atoms with Crippen LogP contribution in [0.2, 0.25) is 0 Å². The van der Waals surface area contributed by atoms with E-state index in [1.165, 1.54) is 19.2 Å². The van der Waals surface area contributed by atoms with Crippen LogP contribution < -0.4 is 14.8 Å². The van der Waals surface area contributed by atoms with Crippen molar-refractivity contribution in [3.63, 3.8) is 0 Å². The fourth-order valence-corrected chi connectivity index (χ4v) is 2.31. The second kappa shape index (κ2) is 5.86. The molecule has 2 rings (SSSR count). The molecule has 0 unspecified atom stereocenters. The van der Waals surface area contributed by atoms with Gasteiger partial charge >= 0.3 is 12.1 Å². The van der Waals surface area contributed by atoms with Gasteiger partial charge in [-0.3, -0.25) is 9.59 Å². The quantitative estimate of drug-likeness (QED) is 0.926. The maximum absolute atomic E-state index is 12.3. The van der Waals surface area contributed by atoms with Gasteiger partial charge in [0.1, 0.15) is 0 Å². The number of nitrogens with one attached hydrogen (secondary N) is 1. The van der Waals surface area contributed by atoms with Crippen molar-refractivity contribution in [3.8, 4) is 11.5 Å². The molecule has 1 aromatic rings. The lowest BCUT2D eigenvalue weighted by atomic mass is 10.1. The number of alkyl halides is 3. The summed E-state index contributed by atoms with van der Waals surface area (Å²) < 4.78 is 47.5. The normalized spacial score (nSPS) is 17.1. The van der Waals surface area contributed by atoms with Gasteiger partial charge in [-0.15, -0.1) is 0 Å². The maximum Gasteiger partial charge on any atom is 0.471 e. The third-order valence-corrected chi connectivity index (χ3v) is 3.26. The zero-order valence-electron chi connectivity index (χ0n) is 11.9. The molecule has 120 valence electrons. The van der Waals surface area contributed by atoms with Crippen molar-refractivity contribution < 1.29 is 32.2 Å². The van der Waals surface area contributed by atoms with Gasteiger partial charge in [0.15, 0.2) is 17.3 Å². The number of Topliss-reactive ketones (excluding diaryl/α,β-unsaturated/α-hetero) is 1. The summed E-state index contributed by atoms with van der Waals surface area (Å²) in [5.41, 5.74) is 0.527. The standard InChI is InChI=1S/C14H14F3NO4/c1-3-22-12-5-8-7(4-11(12)21-2)9(6-10(8)19)18-13(20)14(15,16)17/h4-5,9H,3,6H2,1-2H3,(H,18,20)/t9-/m1/s1. The number of carbonyl (C=O) groups excluding carboxylic acids is 2. The van der Waals surface area contributed by atoms with Crippen LogP contribution in [0.25, 0.3) is 0 Å². The third kappa shape index (κ3) is 3.00. The number of ether oxygens (including phenoxy) is 2. The average molecular weight is 317 g/mol. The Labute approximate surface area is 124 Å². The number of hydrogen-bond acceptors (Lipinski definition) is 4. The van der Waals surface area contributed by atoms with Crippen LogP contribution in [-0.4, -0.2) is 31.6 Å². The van der Waals surface area contributed by atoms with E-state index in [-0.39, 0.29) is 17.8 Å². The van der Waals surface area contributed by atoms with Gasteiger partial charge in [-0.1, -0.05) is 0 Å². The molecule has 1 amide bonds. The van der Waals surface area contributed by atoms with Crippen LogP contribution in [0.4, 0.5) is 13.2 Å². The Morgan fingerprint density at radius 3 is 2.59 bits per heavy atom. The molecule has 5 nitrogen and oxygen atoms in total. The summed E-state index contributed by atoms with van der Waals surface area (Å²) in [5, 5.41) is 1.83. The highest BCUT2D eigenvalue weighted by atomic mass is 19.4. The van der Waals surface area contributed by atoms with Crippen LogP contribution in [0.5, 0.6) is 11.5 Å². The van der Waals surface area contributed by atoms with Crippen molar-refractivity contribution in [2.75, 3.05) is 13.7 Å². The maximum atomic E-state index is 12.3. The smallest absolute Gasteiger partial charge is 0.471 e. The van der Waals surface area contributed by atoms with E-state index < -0.39 is 18.1 Å². The fraction of sp³-hybridized carbons (Fsp3) is 0.429. The molecule has 0 aromatic heterocycles. The summed E-state index contributed by atoms with van der Waals surface area (Å²) in [5.74, 6) is -1.81. The van der Waals surface area contributed by atoms with Crippen molar-refractivity contribution in [1.82, 2.24) is 5.32 Å². The van der Waals surface area contributed by atoms with Crippen LogP contribution in [0.15, 0.2) is 12.1 Å². The van der Waals surface area contributed by atoms with Crippen LogP contribution in [-0.2, 0) is 4.79 Å². The first-order valence-corrected chi connectivity index (χ1v) is 6.53. The fourth-order valence-electron chi connectivity index (χ4n) is 2.31. The van der Waals surface area contributed by atoms with Crippen LogP contribution in [0, 0.1) is 0 Å². The van der Waals surface area contributed by atoms with E-state index in [1.807, 2.05) is 5.32 Å². The summed E-state index contributed by atoms with van der Waals surface area (Å²) in [6.07, 6.45) is -5.23. The summed E-state index contributed by atoms with van der Waals surface area (Å²) in [6, 6.07) is 1.83. The molecule has 8 heteroatoms. The first-order chi connectivity index (χ1) is 10.3. The van der Waals surface area contributed by atoms with Crippen molar-refractivity contribution >= 4 is 11.7 Å². The van der Waals surface area contributed by atoms with Crippen molar-refractivity contribution in [2.45, 2.75) is 25.6 Å². The first-order valence-electron chi connectivity index (χ1n) is 6.53. The van der Waals surface area contributed by atoms with E-state index >= 15 is 0 Å². The predicted molar refractivity (Wildman–Crippen MR) is 70.0 cm³/mol. The van der Waals surface area contributed by atoms with Gasteiger partial charge in [0.05, 0.1) is 19.8 Å². The van der Waals surface area contributed by atoms with Crippen LogP contribution >= 0.6 is 0 Å². The van der Waals surface area contributed by atoms with Crippen molar-refractivity contribution in [2.24, 2.45) is 0 Å². The third-order valence-electron chi connectivity index (χ3n) is 3.26. The lowest BCUT2D eigenvalue weighted by Crippen LogP contribution is -2.38. The molecule has 1 aliphatic rings. The summed E-state index contributed by atoms with van der Waals surface area (Å²) >= 11 is 0. The first kappa shape index (κ1) is 16.1. The van der Waals surface area contributed by atoms with Gasteiger partial charge in [-0.25, -0.2) is 0 Å². The Balaban J connectivity index is 2.35. The van der Waals surface area contributed by atoms with E-state index in [2.05, 4.69) is 0 Å². The molecule has 22 heavy (non-hydrogen) atoms. The van der Waals surface area contributed by atoms with E-state index in [4.69, 9.17) is 9.47 Å². The zero-order valence-corrected chi connectivity index (χ0v) is 11.9. The van der Waals surface area contributed by atoms with E-state index in [9.17, 15) is 22.8 Å². The monoisotopic (exact) mass is 317 g/mol. The highest BCUT2D eigenvalue weighted by Crippen LogP contribution is 2.39. The lowest BCUT2D eigenvalue weighted by Gasteiger charge is -2.16. The molecule has 0 bridgehead atoms. The molecule has 1 N–H and O–H groups in total. The largest absolute Gasteiger partial charge is 0.493 e.